The number of thioether (sulfide) groups is 1. The van der Waals surface area contributed by atoms with Crippen LogP contribution in [0.15, 0.2) is 26.6 Å². The largest absolute Gasteiger partial charge is 0.322 e. The number of anilines is 1. The van der Waals surface area contributed by atoms with Crippen LogP contribution in [-0.2, 0) is 11.8 Å². The summed E-state index contributed by atoms with van der Waals surface area (Å²) < 4.78 is 28.5. The Bertz CT molecular complexity index is 1100. The number of benzene rings is 1. The molecule has 0 bridgehead atoms. The molecular weight excluding hydrogens is 460 g/mol. The van der Waals surface area contributed by atoms with Gasteiger partial charge in [0.2, 0.25) is 5.91 Å². The predicted molar refractivity (Wildman–Crippen MR) is 108 cm³/mol. The molecule has 1 amide bonds. The van der Waals surface area contributed by atoms with Crippen LogP contribution < -0.4 is 10.9 Å². The Balaban J connectivity index is 1.80. The van der Waals surface area contributed by atoms with Crippen molar-refractivity contribution in [3.05, 3.63) is 49.0 Å². The number of rotatable bonds is 4. The van der Waals surface area contributed by atoms with Crippen LogP contribution in [0.1, 0.15) is 10.4 Å². The zero-order valence-electron chi connectivity index (χ0n) is 14.5. The Morgan fingerprint density at radius 3 is 2.74 bits per heavy atom. The van der Waals surface area contributed by atoms with Gasteiger partial charge >= 0.3 is 0 Å². The second-order valence-electron chi connectivity index (χ2n) is 5.80. The number of hydrogen-bond acceptors (Lipinski definition) is 5. The van der Waals surface area contributed by atoms with Crippen LogP contribution in [0.2, 0.25) is 0 Å². The molecule has 1 aromatic carbocycles. The smallest absolute Gasteiger partial charge is 0.262 e. The molecule has 0 fully saturated rings. The van der Waals surface area contributed by atoms with Gasteiger partial charge in [0.05, 0.1) is 16.8 Å². The maximum absolute atomic E-state index is 13.8. The minimum atomic E-state index is -0.878. The summed E-state index contributed by atoms with van der Waals surface area (Å²) in [6.07, 6.45) is 0. The minimum absolute atomic E-state index is 0.0849. The van der Waals surface area contributed by atoms with Crippen molar-refractivity contribution in [3.63, 3.8) is 0 Å². The van der Waals surface area contributed by atoms with Crippen molar-refractivity contribution >= 4 is 60.8 Å². The van der Waals surface area contributed by atoms with E-state index in [1.807, 2.05) is 13.8 Å². The number of carbonyl (C=O) groups is 1. The predicted octanol–water partition coefficient (Wildman–Crippen LogP) is 4.38. The van der Waals surface area contributed by atoms with Crippen molar-refractivity contribution in [1.29, 1.82) is 0 Å². The van der Waals surface area contributed by atoms with Crippen LogP contribution in [0.5, 0.6) is 0 Å². The van der Waals surface area contributed by atoms with E-state index in [4.69, 9.17) is 0 Å². The molecule has 27 heavy (non-hydrogen) atoms. The highest BCUT2D eigenvalue weighted by Crippen LogP contribution is 2.29. The summed E-state index contributed by atoms with van der Waals surface area (Å²) in [5, 5.41) is 3.38. The molecule has 0 radical (unpaired) electrons. The number of thiophene rings is 1. The molecule has 1 N–H and O–H groups in total. The molecular formula is C17H14BrF2N3O2S2. The van der Waals surface area contributed by atoms with E-state index in [2.05, 4.69) is 26.2 Å². The topological polar surface area (TPSA) is 64.0 Å². The Labute approximate surface area is 169 Å². The second kappa shape index (κ2) is 7.69. The number of nitrogens with one attached hydrogen (secondary N) is 1. The quantitative estimate of drug-likeness (QED) is 0.450. The minimum Gasteiger partial charge on any atom is -0.322 e. The summed E-state index contributed by atoms with van der Waals surface area (Å²) in [6.45, 7) is 3.81. The third-order valence-corrected chi connectivity index (χ3v) is 6.73. The lowest BCUT2D eigenvalue weighted by Gasteiger charge is -2.10. The highest BCUT2D eigenvalue weighted by molar-refractivity contribution is 9.10. The maximum atomic E-state index is 13.8. The Morgan fingerprint density at radius 2 is 2.07 bits per heavy atom. The molecule has 0 aliphatic carbocycles. The standard InChI is InChI=1S/C17H14BrF2N3O2S2/c1-7-8(2)27-15-13(7)16(25)23(3)17(22-15)26-6-12(24)21-14-10(18)4-9(19)5-11(14)20/h4-5H,6H2,1-3H3,(H,21,24). The first-order valence-corrected chi connectivity index (χ1v) is 10.3. The lowest BCUT2D eigenvalue weighted by atomic mass is 10.2. The average Bonchev–Trinajstić information content (AvgIpc) is 2.87. The fourth-order valence-corrected chi connectivity index (χ4v) is 4.80. The van der Waals surface area contributed by atoms with Crippen molar-refractivity contribution < 1.29 is 13.6 Å². The van der Waals surface area contributed by atoms with E-state index in [0.29, 0.717) is 21.4 Å². The highest BCUT2D eigenvalue weighted by atomic mass is 79.9. The molecule has 0 spiro atoms. The van der Waals surface area contributed by atoms with Crippen LogP contribution in [0.4, 0.5) is 14.5 Å². The summed E-state index contributed by atoms with van der Waals surface area (Å²) >= 11 is 5.52. The van der Waals surface area contributed by atoms with Crippen LogP contribution in [0, 0.1) is 25.5 Å². The zero-order chi connectivity index (χ0) is 19.9. The van der Waals surface area contributed by atoms with E-state index in [0.717, 1.165) is 28.3 Å². The first kappa shape index (κ1) is 20.0. The molecule has 2 heterocycles. The number of aryl methyl sites for hydroxylation is 2. The van der Waals surface area contributed by atoms with Gasteiger partial charge in [-0.05, 0) is 41.4 Å². The van der Waals surface area contributed by atoms with E-state index >= 15 is 0 Å². The van der Waals surface area contributed by atoms with Crippen molar-refractivity contribution in [2.75, 3.05) is 11.1 Å². The lowest BCUT2D eigenvalue weighted by Crippen LogP contribution is -2.21. The summed E-state index contributed by atoms with van der Waals surface area (Å²) in [5.41, 5.74) is 0.606. The number of aromatic nitrogens is 2. The van der Waals surface area contributed by atoms with Gasteiger partial charge < -0.3 is 5.32 Å². The molecule has 0 aliphatic heterocycles. The number of hydrogen-bond donors (Lipinski definition) is 1. The van der Waals surface area contributed by atoms with E-state index in [-0.39, 0.29) is 21.5 Å². The Hall–Kier alpha value is -1.78. The molecule has 0 saturated carbocycles. The fraction of sp³-hybridized carbons (Fsp3) is 0.235. The van der Waals surface area contributed by atoms with Crippen LogP contribution in [0.25, 0.3) is 10.2 Å². The molecule has 3 rings (SSSR count). The first-order valence-electron chi connectivity index (χ1n) is 7.73. The Morgan fingerprint density at radius 1 is 1.37 bits per heavy atom. The molecule has 142 valence electrons. The van der Waals surface area contributed by atoms with Gasteiger partial charge in [-0.3, -0.25) is 14.2 Å². The van der Waals surface area contributed by atoms with Gasteiger partial charge in [0.25, 0.3) is 5.56 Å². The average molecular weight is 474 g/mol. The molecule has 5 nitrogen and oxygen atoms in total. The van der Waals surface area contributed by atoms with E-state index < -0.39 is 17.5 Å². The summed E-state index contributed by atoms with van der Waals surface area (Å²) in [5.74, 6) is -2.21. The van der Waals surface area contributed by atoms with Gasteiger partial charge in [0.1, 0.15) is 10.6 Å². The fourth-order valence-electron chi connectivity index (χ4n) is 2.45. The van der Waals surface area contributed by atoms with Crippen LogP contribution in [-0.4, -0.2) is 21.2 Å². The summed E-state index contributed by atoms with van der Waals surface area (Å²) in [6, 6.07) is 1.75. The summed E-state index contributed by atoms with van der Waals surface area (Å²) in [7, 11) is 1.59. The second-order valence-corrected chi connectivity index (χ2v) is 8.80. The van der Waals surface area contributed by atoms with Gasteiger partial charge in [0.15, 0.2) is 11.0 Å². The van der Waals surface area contributed by atoms with Crippen molar-refractivity contribution in [1.82, 2.24) is 9.55 Å². The van der Waals surface area contributed by atoms with Crippen molar-refractivity contribution in [2.45, 2.75) is 19.0 Å². The van der Waals surface area contributed by atoms with Crippen molar-refractivity contribution in [3.8, 4) is 0 Å². The van der Waals surface area contributed by atoms with Crippen LogP contribution >= 0.6 is 39.0 Å². The summed E-state index contributed by atoms with van der Waals surface area (Å²) in [4.78, 5) is 30.9. The highest BCUT2D eigenvalue weighted by Gasteiger charge is 2.17. The van der Waals surface area contributed by atoms with Crippen LogP contribution in [0.3, 0.4) is 0 Å². The van der Waals surface area contributed by atoms with Crippen molar-refractivity contribution in [2.24, 2.45) is 7.05 Å². The third kappa shape index (κ3) is 3.92. The van der Waals surface area contributed by atoms with Gasteiger partial charge in [-0.1, -0.05) is 11.8 Å². The SMILES string of the molecule is Cc1sc2nc(SCC(=O)Nc3c(F)cc(F)cc3Br)n(C)c(=O)c2c1C. The van der Waals surface area contributed by atoms with E-state index in [9.17, 15) is 18.4 Å². The van der Waals surface area contributed by atoms with E-state index in [1.54, 1.807) is 7.05 Å². The third-order valence-electron chi connectivity index (χ3n) is 3.97. The Kier molecular flexibility index (Phi) is 5.68. The molecule has 0 aliphatic rings. The number of carbonyl (C=O) groups excluding carboxylic acids is 1. The monoisotopic (exact) mass is 473 g/mol. The normalized spacial score (nSPS) is 11.2. The van der Waals surface area contributed by atoms with Gasteiger partial charge in [-0.25, -0.2) is 13.8 Å². The van der Waals surface area contributed by atoms with Gasteiger partial charge in [0, 0.05) is 22.5 Å². The molecule has 0 saturated heterocycles. The number of nitrogens with zero attached hydrogens (tertiary/aromatic N) is 2. The van der Waals surface area contributed by atoms with Gasteiger partial charge in [-0.2, -0.15) is 0 Å². The zero-order valence-corrected chi connectivity index (χ0v) is 17.7. The van der Waals surface area contributed by atoms with E-state index in [1.165, 1.54) is 15.9 Å². The first-order chi connectivity index (χ1) is 12.7. The molecule has 2 aromatic heterocycles. The molecule has 0 unspecified atom stereocenters. The maximum Gasteiger partial charge on any atom is 0.262 e. The number of amides is 1. The lowest BCUT2D eigenvalue weighted by molar-refractivity contribution is -0.113. The molecule has 10 heteroatoms. The molecule has 0 atom stereocenters. The number of fused-ring (bicyclic) bond motifs is 1. The molecule has 3 aromatic rings. The number of halogens is 3. The van der Waals surface area contributed by atoms with Gasteiger partial charge in [-0.15, -0.1) is 11.3 Å².